The molecule has 1 N–H and O–H groups in total. The number of amides is 2. The normalized spacial score (nSPS) is 15.1. The highest BCUT2D eigenvalue weighted by Crippen LogP contribution is 2.29. The van der Waals surface area contributed by atoms with Crippen LogP contribution >= 0.6 is 11.6 Å². The molecule has 1 fully saturated rings. The van der Waals surface area contributed by atoms with E-state index in [1.807, 2.05) is 12.1 Å². The maximum Gasteiger partial charge on any atom is 0.247 e. The Kier molecular flexibility index (Phi) is 10.2. The van der Waals surface area contributed by atoms with Crippen molar-refractivity contribution < 1.29 is 23.5 Å². The number of alkyl halides is 1. The van der Waals surface area contributed by atoms with E-state index >= 15 is 0 Å². The van der Waals surface area contributed by atoms with Gasteiger partial charge in [-0.2, -0.15) is 0 Å². The van der Waals surface area contributed by atoms with Gasteiger partial charge in [-0.05, 0) is 54.7 Å². The molecular weight excluding hydrogens is 471 g/mol. The lowest BCUT2D eigenvalue weighted by Gasteiger charge is -2.32. The summed E-state index contributed by atoms with van der Waals surface area (Å²) < 4.78 is 24.4. The second kappa shape index (κ2) is 13.3. The molecule has 2 aromatic rings. The lowest BCUT2D eigenvalue weighted by molar-refractivity contribution is -0.139. The molecule has 0 heterocycles. The number of carbonyl (C=O) groups excluding carboxylic acids is 2. The molecule has 0 aliphatic heterocycles. The molecule has 0 bridgehead atoms. The minimum atomic E-state index is -0.912. The molecule has 0 spiro atoms. The molecule has 190 valence electrons. The third kappa shape index (κ3) is 7.34. The van der Waals surface area contributed by atoms with Crippen molar-refractivity contribution in [2.45, 2.75) is 57.0 Å². The van der Waals surface area contributed by atoms with Gasteiger partial charge in [-0.15, -0.1) is 11.6 Å². The second-order valence-electron chi connectivity index (χ2n) is 8.81. The average molecular weight is 505 g/mol. The van der Waals surface area contributed by atoms with Crippen LogP contribution in [0.4, 0.5) is 4.39 Å². The maximum absolute atomic E-state index is 13.7. The molecule has 8 heteroatoms. The van der Waals surface area contributed by atoms with Crippen molar-refractivity contribution in [3.8, 4) is 11.5 Å². The highest BCUT2D eigenvalue weighted by molar-refractivity contribution is 6.27. The van der Waals surface area contributed by atoms with E-state index in [0.717, 1.165) is 44.1 Å². The number of nitrogens with one attached hydrogen (secondary N) is 1. The minimum absolute atomic E-state index is 0.0618. The van der Waals surface area contributed by atoms with Gasteiger partial charge in [0.1, 0.15) is 17.7 Å². The Labute approximate surface area is 211 Å². The van der Waals surface area contributed by atoms with E-state index in [2.05, 4.69) is 5.32 Å². The Morgan fingerprint density at radius 1 is 1.03 bits per heavy atom. The fourth-order valence-corrected chi connectivity index (χ4v) is 4.74. The van der Waals surface area contributed by atoms with Gasteiger partial charge in [0.2, 0.25) is 11.8 Å². The number of hydrogen-bond donors (Lipinski definition) is 1. The Bertz CT molecular complexity index is 978. The molecular formula is C27H34ClFN2O4. The van der Waals surface area contributed by atoms with Gasteiger partial charge in [-0.25, -0.2) is 4.39 Å². The topological polar surface area (TPSA) is 67.9 Å². The third-order valence-corrected chi connectivity index (χ3v) is 6.70. The number of methoxy groups -OCH3 is 2. The van der Waals surface area contributed by atoms with Gasteiger partial charge in [0.25, 0.3) is 0 Å². The SMILES string of the molecule is COc1ccc(CCN(C(=O)CCl)[C@@H](C(=O)NC2CCCCCC2)c2ccc(F)cc2)cc1OC. The lowest BCUT2D eigenvalue weighted by Crippen LogP contribution is -2.47. The molecule has 1 aliphatic rings. The molecule has 0 unspecified atom stereocenters. The molecule has 3 rings (SSSR count). The Hall–Kier alpha value is -2.80. The van der Waals surface area contributed by atoms with Crippen LogP contribution in [0.25, 0.3) is 0 Å². The van der Waals surface area contributed by atoms with Crippen LogP contribution in [0, 0.1) is 5.82 Å². The van der Waals surface area contributed by atoms with Crippen molar-refractivity contribution in [2.75, 3.05) is 26.6 Å². The summed E-state index contributed by atoms with van der Waals surface area (Å²) in [5.41, 5.74) is 1.46. The Morgan fingerprint density at radius 2 is 1.69 bits per heavy atom. The van der Waals surface area contributed by atoms with Gasteiger partial charge >= 0.3 is 0 Å². The van der Waals surface area contributed by atoms with E-state index in [-0.39, 0.29) is 30.3 Å². The Morgan fingerprint density at radius 3 is 2.29 bits per heavy atom. The zero-order valence-electron chi connectivity index (χ0n) is 20.4. The summed E-state index contributed by atoms with van der Waals surface area (Å²) in [6.07, 6.45) is 6.75. The number of rotatable bonds is 10. The molecule has 0 saturated heterocycles. The van der Waals surface area contributed by atoms with Crippen LogP contribution in [0.5, 0.6) is 11.5 Å². The van der Waals surface area contributed by atoms with E-state index in [4.69, 9.17) is 21.1 Å². The molecule has 0 aromatic heterocycles. The van der Waals surface area contributed by atoms with E-state index in [1.54, 1.807) is 32.4 Å². The van der Waals surface area contributed by atoms with Crippen LogP contribution in [0.15, 0.2) is 42.5 Å². The van der Waals surface area contributed by atoms with E-state index < -0.39 is 11.9 Å². The summed E-state index contributed by atoms with van der Waals surface area (Å²) in [7, 11) is 3.13. The van der Waals surface area contributed by atoms with E-state index in [0.29, 0.717) is 23.5 Å². The summed E-state index contributed by atoms with van der Waals surface area (Å²) in [5, 5.41) is 3.16. The molecule has 2 amide bonds. The number of nitrogens with zero attached hydrogens (tertiary/aromatic N) is 1. The van der Waals surface area contributed by atoms with Crippen LogP contribution < -0.4 is 14.8 Å². The number of hydrogen-bond acceptors (Lipinski definition) is 4. The standard InChI is InChI=1S/C27H34ClFN2O4/c1-34-23-14-9-19(17-24(23)35-2)15-16-31(25(32)18-28)26(20-10-12-21(29)13-11-20)27(33)30-22-7-5-3-4-6-8-22/h9-14,17,22,26H,3-8,15-16,18H2,1-2H3,(H,30,33)/t26-/m1/s1. The van der Waals surface area contributed by atoms with Gasteiger partial charge in [0.05, 0.1) is 14.2 Å². The number of carbonyl (C=O) groups is 2. The fourth-order valence-electron chi connectivity index (χ4n) is 4.58. The first-order valence-corrected chi connectivity index (χ1v) is 12.6. The minimum Gasteiger partial charge on any atom is -0.493 e. The van der Waals surface area contributed by atoms with Crippen molar-refractivity contribution in [3.63, 3.8) is 0 Å². The van der Waals surface area contributed by atoms with Gasteiger partial charge in [-0.3, -0.25) is 9.59 Å². The summed E-state index contributed by atoms with van der Waals surface area (Å²) in [6.45, 7) is 0.251. The third-order valence-electron chi connectivity index (χ3n) is 6.47. The van der Waals surface area contributed by atoms with Crippen molar-refractivity contribution >= 4 is 23.4 Å². The van der Waals surface area contributed by atoms with Gasteiger partial charge < -0.3 is 19.7 Å². The predicted molar refractivity (Wildman–Crippen MR) is 134 cm³/mol. The zero-order valence-corrected chi connectivity index (χ0v) is 21.2. The summed E-state index contributed by atoms with van der Waals surface area (Å²) in [5.74, 6) is -0.109. The Balaban J connectivity index is 1.87. The average Bonchev–Trinajstić information content (AvgIpc) is 3.15. The quantitative estimate of drug-likeness (QED) is 0.364. The van der Waals surface area contributed by atoms with Crippen molar-refractivity contribution in [1.29, 1.82) is 0 Å². The molecule has 1 atom stereocenters. The number of ether oxygens (including phenoxy) is 2. The van der Waals surface area contributed by atoms with Crippen molar-refractivity contribution in [2.24, 2.45) is 0 Å². The van der Waals surface area contributed by atoms with Crippen LogP contribution in [-0.2, 0) is 16.0 Å². The molecule has 2 aromatic carbocycles. The summed E-state index contributed by atoms with van der Waals surface area (Å²) in [4.78, 5) is 28.1. The number of halogens is 2. The zero-order chi connectivity index (χ0) is 25.2. The van der Waals surface area contributed by atoms with Crippen LogP contribution in [0.3, 0.4) is 0 Å². The fraction of sp³-hybridized carbons (Fsp3) is 0.481. The predicted octanol–water partition coefficient (Wildman–Crippen LogP) is 5.03. The van der Waals surface area contributed by atoms with Gasteiger partial charge in [0.15, 0.2) is 11.5 Å². The molecule has 6 nitrogen and oxygen atoms in total. The second-order valence-corrected chi connectivity index (χ2v) is 9.08. The maximum atomic E-state index is 13.7. The molecule has 35 heavy (non-hydrogen) atoms. The van der Waals surface area contributed by atoms with E-state index in [9.17, 15) is 14.0 Å². The van der Waals surface area contributed by atoms with Gasteiger partial charge in [-0.1, -0.05) is 43.9 Å². The summed E-state index contributed by atoms with van der Waals surface area (Å²) >= 11 is 5.97. The first kappa shape index (κ1) is 26.8. The van der Waals surface area contributed by atoms with E-state index in [1.165, 1.54) is 17.0 Å². The summed E-state index contributed by atoms with van der Waals surface area (Å²) in [6, 6.07) is 10.4. The van der Waals surface area contributed by atoms with Gasteiger partial charge in [0, 0.05) is 12.6 Å². The first-order valence-electron chi connectivity index (χ1n) is 12.1. The smallest absolute Gasteiger partial charge is 0.247 e. The highest BCUT2D eigenvalue weighted by Gasteiger charge is 2.32. The van der Waals surface area contributed by atoms with Crippen molar-refractivity contribution in [3.05, 3.63) is 59.4 Å². The number of benzene rings is 2. The first-order chi connectivity index (χ1) is 17.0. The largest absolute Gasteiger partial charge is 0.493 e. The van der Waals surface area contributed by atoms with Crippen LogP contribution in [0.2, 0.25) is 0 Å². The van der Waals surface area contributed by atoms with Crippen LogP contribution in [-0.4, -0.2) is 49.4 Å². The lowest BCUT2D eigenvalue weighted by atomic mass is 10.0. The molecule has 1 aliphatic carbocycles. The van der Waals surface area contributed by atoms with Crippen molar-refractivity contribution in [1.82, 2.24) is 10.2 Å². The molecule has 1 saturated carbocycles. The monoisotopic (exact) mass is 504 g/mol. The molecule has 0 radical (unpaired) electrons. The van der Waals surface area contributed by atoms with Crippen LogP contribution in [0.1, 0.15) is 55.7 Å². The highest BCUT2D eigenvalue weighted by atomic mass is 35.5.